The van der Waals surface area contributed by atoms with E-state index in [4.69, 9.17) is 4.74 Å². The lowest BCUT2D eigenvalue weighted by Crippen LogP contribution is -2.79. The van der Waals surface area contributed by atoms with Crippen LogP contribution in [-0.2, 0) is 16.6 Å². The molecule has 2 aromatic rings. The number of amides is 1. The second-order valence-electron chi connectivity index (χ2n) is 11.7. The molecule has 2 heterocycles. The molecule has 35 heavy (non-hydrogen) atoms. The molecule has 0 radical (unpaired) electrons. The molecule has 0 aromatic heterocycles. The molecule has 2 aromatic carbocycles. The van der Waals surface area contributed by atoms with Gasteiger partial charge >= 0.3 is 0 Å². The summed E-state index contributed by atoms with van der Waals surface area (Å²) in [5, 5.41) is 26.1. The Morgan fingerprint density at radius 1 is 1.14 bits per heavy atom. The summed E-state index contributed by atoms with van der Waals surface area (Å²) in [5.41, 5.74) is 0.866. The van der Waals surface area contributed by atoms with Crippen LogP contribution < -0.4 is 10.1 Å². The Bertz CT molecular complexity index is 1290. The maximum atomic E-state index is 13.7. The molecule has 0 unspecified atom stereocenters. The Labute approximate surface area is 204 Å². The molecule has 5 aliphatic carbocycles. The SMILES string of the molecule is O=C(Nc1ccccc1)[C@H]1C[C@@]23C=C[C@@]1(O)[C@@H]1Oc4c(O)ccc5c4[C@@]12CCN(CC1CC1)[C@H]3C5. The van der Waals surface area contributed by atoms with Gasteiger partial charge in [-0.2, -0.15) is 0 Å². The van der Waals surface area contributed by atoms with E-state index in [1.54, 1.807) is 6.07 Å². The summed E-state index contributed by atoms with van der Waals surface area (Å²) in [6.07, 6.45) is 8.46. The van der Waals surface area contributed by atoms with E-state index in [0.717, 1.165) is 43.1 Å². The van der Waals surface area contributed by atoms with Crippen LogP contribution in [0.5, 0.6) is 11.5 Å². The second-order valence-corrected chi connectivity index (χ2v) is 11.7. The highest BCUT2D eigenvalue weighted by atomic mass is 16.5. The molecule has 2 aliphatic heterocycles. The van der Waals surface area contributed by atoms with Gasteiger partial charge in [0.1, 0.15) is 11.7 Å². The number of phenols is 1. The maximum Gasteiger partial charge on any atom is 0.230 e. The Morgan fingerprint density at radius 2 is 1.97 bits per heavy atom. The van der Waals surface area contributed by atoms with E-state index in [1.165, 1.54) is 18.4 Å². The van der Waals surface area contributed by atoms with Crippen molar-refractivity contribution in [2.24, 2.45) is 17.3 Å². The Morgan fingerprint density at radius 3 is 2.77 bits per heavy atom. The number of carbonyl (C=O) groups excluding carboxylic acids is 1. The molecule has 1 saturated heterocycles. The van der Waals surface area contributed by atoms with Gasteiger partial charge in [0.05, 0.1) is 11.3 Å². The van der Waals surface area contributed by atoms with Crippen LogP contribution in [0.15, 0.2) is 54.6 Å². The minimum atomic E-state index is -1.44. The first-order chi connectivity index (χ1) is 17.0. The van der Waals surface area contributed by atoms with Crippen molar-refractivity contribution in [1.29, 1.82) is 0 Å². The van der Waals surface area contributed by atoms with Gasteiger partial charge in [-0.15, -0.1) is 0 Å². The lowest BCUT2D eigenvalue weighted by molar-refractivity contribution is -0.205. The van der Waals surface area contributed by atoms with E-state index in [0.29, 0.717) is 12.2 Å². The van der Waals surface area contributed by atoms with Gasteiger partial charge in [0, 0.05) is 29.3 Å². The summed E-state index contributed by atoms with van der Waals surface area (Å²) < 4.78 is 6.55. The van der Waals surface area contributed by atoms with E-state index in [9.17, 15) is 15.0 Å². The molecule has 180 valence electrons. The third kappa shape index (κ3) is 2.35. The molecular weight excluding hydrogens is 440 g/mol. The molecule has 7 aliphatic rings. The Balaban J connectivity index is 1.29. The van der Waals surface area contributed by atoms with Crippen molar-refractivity contribution in [3.8, 4) is 11.5 Å². The zero-order valence-electron chi connectivity index (χ0n) is 19.6. The van der Waals surface area contributed by atoms with Crippen LogP contribution >= 0.6 is 0 Å². The number of likely N-dealkylation sites (tertiary alicyclic amines) is 1. The van der Waals surface area contributed by atoms with Crippen LogP contribution in [0.25, 0.3) is 0 Å². The van der Waals surface area contributed by atoms with Crippen molar-refractivity contribution in [3.05, 3.63) is 65.7 Å². The zero-order chi connectivity index (χ0) is 23.6. The van der Waals surface area contributed by atoms with E-state index in [-0.39, 0.29) is 23.1 Å². The quantitative estimate of drug-likeness (QED) is 0.597. The summed E-state index contributed by atoms with van der Waals surface area (Å²) in [5.74, 6) is 0.635. The van der Waals surface area contributed by atoms with Gasteiger partial charge in [-0.3, -0.25) is 9.69 Å². The molecule has 2 spiro atoms. The molecule has 3 fully saturated rings. The largest absolute Gasteiger partial charge is 0.504 e. The lowest BCUT2D eigenvalue weighted by atomic mass is 9.37. The average Bonchev–Trinajstić information content (AvgIpc) is 3.60. The number of aliphatic hydroxyl groups is 1. The number of carbonyl (C=O) groups is 1. The maximum absolute atomic E-state index is 13.7. The number of hydrogen-bond donors (Lipinski definition) is 3. The number of hydrogen-bond acceptors (Lipinski definition) is 5. The Hall–Kier alpha value is -2.83. The number of fused-ring (bicyclic) bond motifs is 1. The summed E-state index contributed by atoms with van der Waals surface area (Å²) in [7, 11) is 0. The van der Waals surface area contributed by atoms with Gasteiger partial charge in [-0.25, -0.2) is 0 Å². The molecular formula is C29H30N2O4. The number of ether oxygens (including phenoxy) is 1. The highest BCUT2D eigenvalue weighted by Gasteiger charge is 2.79. The number of aromatic hydroxyl groups is 1. The van der Waals surface area contributed by atoms with Crippen LogP contribution in [-0.4, -0.2) is 51.9 Å². The summed E-state index contributed by atoms with van der Waals surface area (Å²) in [6, 6.07) is 13.5. The number of benzene rings is 2. The molecule has 6 atom stereocenters. The van der Waals surface area contributed by atoms with Crippen molar-refractivity contribution in [2.45, 2.75) is 55.3 Å². The van der Waals surface area contributed by atoms with Crippen molar-refractivity contribution in [3.63, 3.8) is 0 Å². The molecule has 6 heteroatoms. The van der Waals surface area contributed by atoms with E-state index >= 15 is 0 Å². The smallest absolute Gasteiger partial charge is 0.230 e. The van der Waals surface area contributed by atoms with Gasteiger partial charge in [-0.1, -0.05) is 36.4 Å². The fourth-order valence-corrected chi connectivity index (χ4v) is 8.53. The van der Waals surface area contributed by atoms with Crippen LogP contribution in [0.2, 0.25) is 0 Å². The predicted octanol–water partition coefficient (Wildman–Crippen LogP) is 3.38. The molecule has 2 saturated carbocycles. The molecule has 6 nitrogen and oxygen atoms in total. The zero-order valence-corrected chi connectivity index (χ0v) is 19.6. The van der Waals surface area contributed by atoms with Gasteiger partial charge in [-0.05, 0) is 68.3 Å². The standard InChI is InChI=1S/C29H30N2O4/c32-21-9-8-18-14-22-27-10-11-29(34,20(15-27)25(33)30-19-4-2-1-3-5-19)26-28(27,23(18)24(21)35-26)12-13-31(22)16-17-6-7-17/h1-5,8-11,17,20,22,26,32,34H,6-7,12-16H2,(H,30,33)/t20-,22+,26-,27-,28+,29+/m1/s1. The Kier molecular flexibility index (Phi) is 3.77. The highest BCUT2D eigenvalue weighted by Crippen LogP contribution is 2.74. The number of nitrogens with one attached hydrogen (secondary N) is 1. The summed E-state index contributed by atoms with van der Waals surface area (Å²) >= 11 is 0. The van der Waals surface area contributed by atoms with E-state index in [2.05, 4.69) is 22.4 Å². The first-order valence-electron chi connectivity index (χ1n) is 13.0. The fourth-order valence-electron chi connectivity index (χ4n) is 8.53. The minimum Gasteiger partial charge on any atom is -0.504 e. The second kappa shape index (κ2) is 6.48. The minimum absolute atomic E-state index is 0.134. The predicted molar refractivity (Wildman–Crippen MR) is 130 cm³/mol. The number of rotatable bonds is 4. The molecule has 1 amide bonds. The van der Waals surface area contributed by atoms with Gasteiger partial charge in [0.15, 0.2) is 11.5 Å². The normalized spacial score (nSPS) is 39.7. The van der Waals surface area contributed by atoms with Crippen molar-refractivity contribution >= 4 is 11.6 Å². The topological polar surface area (TPSA) is 82.0 Å². The number of nitrogens with zero attached hydrogens (tertiary/aromatic N) is 1. The average molecular weight is 471 g/mol. The first-order valence-corrected chi connectivity index (χ1v) is 13.0. The third-order valence-electron chi connectivity index (χ3n) is 10.1. The molecule has 4 bridgehead atoms. The summed E-state index contributed by atoms with van der Waals surface area (Å²) in [6.45, 7) is 2.06. The molecule has 3 N–H and O–H groups in total. The summed E-state index contributed by atoms with van der Waals surface area (Å²) in [4.78, 5) is 16.4. The van der Waals surface area contributed by atoms with E-state index in [1.807, 2.05) is 36.4 Å². The van der Waals surface area contributed by atoms with Crippen molar-refractivity contribution in [2.75, 3.05) is 18.4 Å². The first kappa shape index (κ1) is 20.4. The van der Waals surface area contributed by atoms with Crippen LogP contribution in [0.1, 0.15) is 36.8 Å². The third-order valence-corrected chi connectivity index (χ3v) is 10.1. The van der Waals surface area contributed by atoms with Crippen LogP contribution in [0.4, 0.5) is 5.69 Å². The van der Waals surface area contributed by atoms with Gasteiger partial charge in [0.2, 0.25) is 5.91 Å². The van der Waals surface area contributed by atoms with Crippen LogP contribution in [0.3, 0.4) is 0 Å². The van der Waals surface area contributed by atoms with Gasteiger partial charge in [0.25, 0.3) is 0 Å². The molecule has 9 rings (SSSR count). The van der Waals surface area contributed by atoms with Crippen molar-refractivity contribution in [1.82, 2.24) is 4.90 Å². The number of piperidine rings is 1. The van der Waals surface area contributed by atoms with Crippen LogP contribution in [0, 0.1) is 17.3 Å². The fraction of sp³-hybridized carbons (Fsp3) is 0.483. The van der Waals surface area contributed by atoms with Gasteiger partial charge < -0.3 is 20.3 Å². The lowest BCUT2D eigenvalue weighted by Gasteiger charge is -2.70. The number of anilines is 1. The monoisotopic (exact) mass is 470 g/mol. The highest BCUT2D eigenvalue weighted by molar-refractivity contribution is 5.94. The van der Waals surface area contributed by atoms with E-state index < -0.39 is 23.0 Å². The van der Waals surface area contributed by atoms with Crippen molar-refractivity contribution < 1.29 is 19.7 Å². The number of para-hydroxylation sites is 1. The number of phenolic OH excluding ortho intramolecular Hbond substituents is 1.